The quantitative estimate of drug-likeness (QED) is 0.770. The molecule has 1 fully saturated rings. The van der Waals surface area contributed by atoms with Crippen molar-refractivity contribution in [2.45, 2.75) is 6.10 Å². The third-order valence-corrected chi connectivity index (χ3v) is 2.66. The van der Waals surface area contributed by atoms with Gasteiger partial charge in [0.25, 0.3) is 0 Å². The standard InChI is InChI=1S/C11H14N2O4/c14-7-9-6-13(3-4-17-9)10-5-8(11(15)16)1-2-12-10/h1-2,5,9,14H,3-4,6-7H2,(H,15,16). The van der Waals surface area contributed by atoms with Crippen LogP contribution >= 0.6 is 0 Å². The lowest BCUT2D eigenvalue weighted by molar-refractivity contribution is 0.00336. The maximum absolute atomic E-state index is 10.8. The molecule has 0 saturated carbocycles. The van der Waals surface area contributed by atoms with Crippen molar-refractivity contribution in [2.75, 3.05) is 31.2 Å². The minimum atomic E-state index is -0.972. The van der Waals surface area contributed by atoms with Crippen LogP contribution in [0, 0.1) is 0 Å². The topological polar surface area (TPSA) is 82.9 Å². The first-order valence-electron chi connectivity index (χ1n) is 5.37. The van der Waals surface area contributed by atoms with Crippen molar-refractivity contribution >= 4 is 11.8 Å². The van der Waals surface area contributed by atoms with E-state index < -0.39 is 5.97 Å². The van der Waals surface area contributed by atoms with Gasteiger partial charge in [-0.1, -0.05) is 0 Å². The summed E-state index contributed by atoms with van der Waals surface area (Å²) in [6, 6.07) is 2.98. The van der Waals surface area contributed by atoms with Gasteiger partial charge in [-0.05, 0) is 12.1 Å². The molecule has 1 atom stereocenters. The average Bonchev–Trinajstić information content (AvgIpc) is 2.39. The lowest BCUT2D eigenvalue weighted by atomic mass is 10.2. The Kier molecular flexibility index (Phi) is 3.55. The van der Waals surface area contributed by atoms with Crippen LogP contribution in [-0.4, -0.2) is 53.6 Å². The molecule has 2 heterocycles. The van der Waals surface area contributed by atoms with E-state index >= 15 is 0 Å². The molecule has 17 heavy (non-hydrogen) atoms. The Morgan fingerprint density at radius 1 is 1.65 bits per heavy atom. The predicted octanol–water partition coefficient (Wildman–Crippen LogP) is -0.0227. The van der Waals surface area contributed by atoms with Crippen LogP contribution < -0.4 is 4.90 Å². The minimum Gasteiger partial charge on any atom is -0.478 e. The number of aliphatic hydroxyl groups is 1. The number of morpholine rings is 1. The highest BCUT2D eigenvalue weighted by molar-refractivity contribution is 5.88. The predicted molar refractivity (Wildman–Crippen MR) is 60.2 cm³/mol. The number of rotatable bonds is 3. The zero-order chi connectivity index (χ0) is 12.3. The maximum Gasteiger partial charge on any atom is 0.335 e. The van der Waals surface area contributed by atoms with Crippen molar-refractivity contribution in [3.8, 4) is 0 Å². The van der Waals surface area contributed by atoms with Crippen LogP contribution in [0.15, 0.2) is 18.3 Å². The molecule has 1 aromatic heterocycles. The number of aromatic nitrogens is 1. The second-order valence-electron chi connectivity index (χ2n) is 3.83. The molecular formula is C11H14N2O4. The van der Waals surface area contributed by atoms with Gasteiger partial charge in [0.1, 0.15) is 5.82 Å². The maximum atomic E-state index is 10.8. The monoisotopic (exact) mass is 238 g/mol. The van der Waals surface area contributed by atoms with Crippen molar-refractivity contribution < 1.29 is 19.7 Å². The molecule has 6 nitrogen and oxygen atoms in total. The van der Waals surface area contributed by atoms with Gasteiger partial charge in [0.15, 0.2) is 0 Å². The summed E-state index contributed by atoms with van der Waals surface area (Å²) in [6.07, 6.45) is 1.24. The van der Waals surface area contributed by atoms with Gasteiger partial charge < -0.3 is 19.8 Å². The number of aromatic carboxylic acids is 1. The van der Waals surface area contributed by atoms with Gasteiger partial charge in [0.2, 0.25) is 0 Å². The first kappa shape index (κ1) is 11.8. The van der Waals surface area contributed by atoms with Gasteiger partial charge in [-0.3, -0.25) is 0 Å². The van der Waals surface area contributed by atoms with Gasteiger partial charge in [0, 0.05) is 19.3 Å². The lowest BCUT2D eigenvalue weighted by Gasteiger charge is -2.32. The molecule has 1 aromatic rings. The molecular weight excluding hydrogens is 224 g/mol. The molecule has 1 unspecified atom stereocenters. The number of ether oxygens (including phenoxy) is 1. The van der Waals surface area contributed by atoms with Crippen LogP contribution in [0.25, 0.3) is 0 Å². The molecule has 1 aliphatic rings. The SMILES string of the molecule is O=C(O)c1ccnc(N2CCOC(CO)C2)c1. The molecule has 0 aromatic carbocycles. The Morgan fingerprint density at radius 2 is 2.47 bits per heavy atom. The minimum absolute atomic E-state index is 0.0465. The highest BCUT2D eigenvalue weighted by Gasteiger charge is 2.21. The Bertz CT molecular complexity index is 410. The second-order valence-corrected chi connectivity index (χ2v) is 3.83. The summed E-state index contributed by atoms with van der Waals surface area (Å²) < 4.78 is 5.32. The van der Waals surface area contributed by atoms with E-state index in [1.807, 2.05) is 4.90 Å². The summed E-state index contributed by atoms with van der Waals surface area (Å²) in [5, 5.41) is 17.9. The number of hydrogen-bond acceptors (Lipinski definition) is 5. The van der Waals surface area contributed by atoms with Crippen LogP contribution in [0.2, 0.25) is 0 Å². The number of anilines is 1. The summed E-state index contributed by atoms with van der Waals surface area (Å²) in [5.74, 6) is -0.368. The number of pyridine rings is 1. The Labute approximate surface area is 98.5 Å². The second kappa shape index (κ2) is 5.11. The first-order valence-corrected chi connectivity index (χ1v) is 5.37. The van der Waals surface area contributed by atoms with Crippen LogP contribution in [0.5, 0.6) is 0 Å². The van der Waals surface area contributed by atoms with E-state index in [0.717, 1.165) is 0 Å². The van der Waals surface area contributed by atoms with Crippen molar-refractivity contribution in [1.82, 2.24) is 4.98 Å². The number of aliphatic hydroxyl groups excluding tert-OH is 1. The van der Waals surface area contributed by atoms with Crippen molar-refractivity contribution in [2.24, 2.45) is 0 Å². The number of carbonyl (C=O) groups is 1. The number of carboxylic acid groups (broad SMARTS) is 1. The van der Waals surface area contributed by atoms with Gasteiger partial charge in [-0.15, -0.1) is 0 Å². The van der Waals surface area contributed by atoms with E-state index in [-0.39, 0.29) is 18.3 Å². The van der Waals surface area contributed by atoms with Crippen LogP contribution in [0.3, 0.4) is 0 Å². The number of hydrogen-bond donors (Lipinski definition) is 2. The van der Waals surface area contributed by atoms with E-state index in [0.29, 0.717) is 25.5 Å². The molecule has 92 valence electrons. The lowest BCUT2D eigenvalue weighted by Crippen LogP contribution is -2.44. The summed E-state index contributed by atoms with van der Waals surface area (Å²) in [4.78, 5) is 16.9. The molecule has 0 amide bonds. The zero-order valence-corrected chi connectivity index (χ0v) is 9.24. The van der Waals surface area contributed by atoms with Gasteiger partial charge in [0.05, 0.1) is 24.9 Å². The molecule has 0 radical (unpaired) electrons. The molecule has 0 spiro atoms. The van der Waals surface area contributed by atoms with E-state index in [4.69, 9.17) is 14.9 Å². The van der Waals surface area contributed by atoms with Gasteiger partial charge in [-0.2, -0.15) is 0 Å². The molecule has 1 aliphatic heterocycles. The third kappa shape index (κ3) is 2.72. The molecule has 1 saturated heterocycles. The van der Waals surface area contributed by atoms with E-state index in [1.54, 1.807) is 0 Å². The molecule has 6 heteroatoms. The summed E-state index contributed by atoms with van der Waals surface area (Å²) >= 11 is 0. The smallest absolute Gasteiger partial charge is 0.335 e. The number of carboxylic acids is 1. The first-order chi connectivity index (χ1) is 8.20. The van der Waals surface area contributed by atoms with E-state index in [2.05, 4.69) is 4.98 Å². The Morgan fingerprint density at radius 3 is 3.18 bits per heavy atom. The van der Waals surface area contributed by atoms with Crippen LogP contribution in [0.4, 0.5) is 5.82 Å². The average molecular weight is 238 g/mol. The fourth-order valence-electron chi connectivity index (χ4n) is 1.76. The van der Waals surface area contributed by atoms with Crippen molar-refractivity contribution in [3.63, 3.8) is 0 Å². The molecule has 2 N–H and O–H groups in total. The molecule has 2 rings (SSSR count). The normalized spacial score (nSPS) is 20.3. The van der Waals surface area contributed by atoms with Crippen LogP contribution in [0.1, 0.15) is 10.4 Å². The fourth-order valence-corrected chi connectivity index (χ4v) is 1.76. The highest BCUT2D eigenvalue weighted by atomic mass is 16.5. The highest BCUT2D eigenvalue weighted by Crippen LogP contribution is 2.16. The van der Waals surface area contributed by atoms with E-state index in [1.165, 1.54) is 18.3 Å². The van der Waals surface area contributed by atoms with Crippen LogP contribution in [-0.2, 0) is 4.74 Å². The Hall–Kier alpha value is -1.66. The molecule has 0 bridgehead atoms. The summed E-state index contributed by atoms with van der Waals surface area (Å²) in [7, 11) is 0. The van der Waals surface area contributed by atoms with E-state index in [9.17, 15) is 4.79 Å². The summed E-state index contributed by atoms with van der Waals surface area (Å²) in [6.45, 7) is 1.62. The summed E-state index contributed by atoms with van der Waals surface area (Å²) in [5.41, 5.74) is 0.210. The Balaban J connectivity index is 2.16. The largest absolute Gasteiger partial charge is 0.478 e. The van der Waals surface area contributed by atoms with Gasteiger partial charge >= 0.3 is 5.97 Å². The molecule has 0 aliphatic carbocycles. The fraction of sp³-hybridized carbons (Fsp3) is 0.455. The van der Waals surface area contributed by atoms with Crippen molar-refractivity contribution in [1.29, 1.82) is 0 Å². The third-order valence-electron chi connectivity index (χ3n) is 2.66. The zero-order valence-electron chi connectivity index (χ0n) is 9.24. The van der Waals surface area contributed by atoms with Crippen molar-refractivity contribution in [3.05, 3.63) is 23.9 Å². The van der Waals surface area contributed by atoms with Gasteiger partial charge in [-0.25, -0.2) is 9.78 Å². The number of nitrogens with zero attached hydrogens (tertiary/aromatic N) is 2.